The summed E-state index contributed by atoms with van der Waals surface area (Å²) in [5, 5.41) is 0. The lowest BCUT2D eigenvalue weighted by atomic mass is 9.96. The van der Waals surface area contributed by atoms with E-state index in [1.165, 1.54) is 16.8 Å². The van der Waals surface area contributed by atoms with Crippen LogP contribution in [-0.4, -0.2) is 89.0 Å². The molecule has 0 atom stereocenters. The van der Waals surface area contributed by atoms with Gasteiger partial charge in [0.2, 0.25) is 0 Å². The van der Waals surface area contributed by atoms with Crippen LogP contribution in [0.1, 0.15) is 52.7 Å². The number of ether oxygens (including phenoxy) is 3. The maximum absolute atomic E-state index is 13.3. The predicted molar refractivity (Wildman–Crippen MR) is 196 cm³/mol. The molecule has 12 nitrogen and oxygen atoms in total. The van der Waals surface area contributed by atoms with Gasteiger partial charge in [0.25, 0.3) is 17.0 Å². The summed E-state index contributed by atoms with van der Waals surface area (Å²) in [7, 11) is 5.14. The zero-order chi connectivity index (χ0) is 36.2. The molecule has 6 rings (SSSR count). The maximum Gasteiger partial charge on any atom is 0.332 e. The van der Waals surface area contributed by atoms with Gasteiger partial charge in [-0.25, -0.2) is 4.79 Å². The predicted octanol–water partition coefficient (Wildman–Crippen LogP) is 3.85. The van der Waals surface area contributed by atoms with Crippen LogP contribution in [-0.2, 0) is 18.2 Å². The van der Waals surface area contributed by atoms with Crippen molar-refractivity contribution in [2.75, 3.05) is 46.9 Å². The fourth-order valence-electron chi connectivity index (χ4n) is 7.25. The third kappa shape index (κ3) is 7.87. The number of H-pyrrole nitrogens is 1. The molecule has 1 N–H and O–H groups in total. The molecule has 2 aromatic heterocycles. The molecule has 0 spiro atoms. The SMILES string of the molecule is COc1cc(-c2cn(C)c(=O)c(C)c2C)cc(OC)c1CCN1CCC(OC2CCN(C(=O)c3cccc(-n4ccc(=O)[nH]c4=O)c3)CC2)CC1. The van der Waals surface area contributed by atoms with Crippen LogP contribution >= 0.6 is 0 Å². The minimum absolute atomic E-state index is 0.00317. The number of nitrogens with zero attached hydrogens (tertiary/aromatic N) is 4. The molecular weight excluding hydrogens is 650 g/mol. The summed E-state index contributed by atoms with van der Waals surface area (Å²) >= 11 is 0. The molecule has 2 aromatic carbocycles. The van der Waals surface area contributed by atoms with E-state index < -0.39 is 11.2 Å². The van der Waals surface area contributed by atoms with Gasteiger partial charge in [-0.15, -0.1) is 0 Å². The number of aromatic nitrogens is 3. The first kappa shape index (κ1) is 35.9. The van der Waals surface area contributed by atoms with Crippen molar-refractivity contribution in [2.45, 2.75) is 58.2 Å². The number of pyridine rings is 1. The number of hydrogen-bond acceptors (Lipinski definition) is 8. The molecule has 0 radical (unpaired) electrons. The standard InChI is InChI=1S/C39H47N5O7/c1-25-26(2)37(46)41(3)24-33(25)28-22-34(49-4)32(35(23-28)50-5)13-17-42-15-9-30(10-16-42)51-31-11-18-43(19-12-31)38(47)27-7-6-8-29(21-27)44-20-14-36(45)40-39(44)48/h6-8,14,20-24,30-31H,9-13,15-19H2,1-5H3,(H,40,45,48). The average Bonchev–Trinajstić information content (AvgIpc) is 3.15. The third-order valence-electron chi connectivity index (χ3n) is 10.4. The number of aromatic amines is 1. The fraction of sp³-hybridized carbons (Fsp3) is 0.436. The van der Waals surface area contributed by atoms with Crippen molar-refractivity contribution >= 4 is 5.91 Å². The molecule has 0 aliphatic carbocycles. The van der Waals surface area contributed by atoms with Crippen LogP contribution in [0, 0.1) is 13.8 Å². The van der Waals surface area contributed by atoms with Gasteiger partial charge in [-0.05, 0) is 87.4 Å². The average molecular weight is 698 g/mol. The lowest BCUT2D eigenvalue weighted by Crippen LogP contribution is -2.44. The Kier molecular flexibility index (Phi) is 10.9. The van der Waals surface area contributed by atoms with Gasteiger partial charge >= 0.3 is 5.69 Å². The van der Waals surface area contributed by atoms with Crippen LogP contribution in [0.15, 0.2) is 69.2 Å². The molecule has 4 aromatic rings. The molecule has 2 aliphatic rings. The molecule has 0 unspecified atom stereocenters. The highest BCUT2D eigenvalue weighted by Gasteiger charge is 2.28. The molecular formula is C39H47N5O7. The number of nitrogens with one attached hydrogen (secondary N) is 1. The summed E-state index contributed by atoms with van der Waals surface area (Å²) in [4.78, 5) is 56.0. The smallest absolute Gasteiger partial charge is 0.332 e. The van der Waals surface area contributed by atoms with E-state index in [1.54, 1.807) is 50.1 Å². The topological polar surface area (TPSA) is 128 Å². The number of likely N-dealkylation sites (tertiary alicyclic amines) is 2. The zero-order valence-corrected chi connectivity index (χ0v) is 30.1. The van der Waals surface area contributed by atoms with E-state index in [0.29, 0.717) is 24.3 Å². The van der Waals surface area contributed by atoms with Crippen molar-refractivity contribution in [2.24, 2.45) is 7.05 Å². The lowest BCUT2D eigenvalue weighted by Gasteiger charge is -2.37. The summed E-state index contributed by atoms with van der Waals surface area (Å²) in [5.74, 6) is 1.46. The molecule has 1 amide bonds. The second kappa shape index (κ2) is 15.5. The zero-order valence-electron chi connectivity index (χ0n) is 30.1. The van der Waals surface area contributed by atoms with Gasteiger partial charge in [-0.3, -0.25) is 23.9 Å². The molecule has 270 valence electrons. The highest BCUT2D eigenvalue weighted by Crippen LogP contribution is 2.37. The van der Waals surface area contributed by atoms with E-state index in [0.717, 1.165) is 91.1 Å². The van der Waals surface area contributed by atoms with Gasteiger partial charge in [0.15, 0.2) is 0 Å². The van der Waals surface area contributed by atoms with Crippen molar-refractivity contribution < 1.29 is 19.0 Å². The van der Waals surface area contributed by atoms with Gasteiger partial charge in [0.1, 0.15) is 11.5 Å². The molecule has 2 saturated heterocycles. The number of aryl methyl sites for hydroxylation is 1. The Morgan fingerprint density at radius 1 is 0.863 bits per heavy atom. The third-order valence-corrected chi connectivity index (χ3v) is 10.4. The quantitative estimate of drug-likeness (QED) is 0.265. The minimum atomic E-state index is -0.549. The van der Waals surface area contributed by atoms with E-state index >= 15 is 0 Å². The largest absolute Gasteiger partial charge is 0.496 e. The number of amides is 1. The number of rotatable bonds is 10. The first-order chi connectivity index (χ1) is 24.6. The number of carbonyl (C=O) groups is 1. The Balaban J connectivity index is 0.995. The van der Waals surface area contributed by atoms with Crippen LogP contribution in [0.5, 0.6) is 11.5 Å². The van der Waals surface area contributed by atoms with Crippen LogP contribution in [0.4, 0.5) is 0 Å². The molecule has 12 heteroatoms. The van der Waals surface area contributed by atoms with Gasteiger partial charge in [0, 0.05) is 80.5 Å². The summed E-state index contributed by atoms with van der Waals surface area (Å²) in [6.45, 7) is 7.80. The van der Waals surface area contributed by atoms with Crippen molar-refractivity contribution in [3.8, 4) is 28.3 Å². The molecule has 2 aliphatic heterocycles. The van der Waals surface area contributed by atoms with E-state index in [9.17, 15) is 19.2 Å². The number of hydrogen-bond donors (Lipinski definition) is 1. The Hall–Kier alpha value is -4.94. The fourth-order valence-corrected chi connectivity index (χ4v) is 7.25. The lowest BCUT2D eigenvalue weighted by molar-refractivity contribution is -0.0620. The highest BCUT2D eigenvalue weighted by molar-refractivity contribution is 5.94. The van der Waals surface area contributed by atoms with E-state index in [1.807, 2.05) is 37.1 Å². The van der Waals surface area contributed by atoms with Crippen molar-refractivity contribution in [1.29, 1.82) is 0 Å². The summed E-state index contributed by atoms with van der Waals surface area (Å²) in [6.07, 6.45) is 7.82. The van der Waals surface area contributed by atoms with Crippen LogP contribution < -0.4 is 26.3 Å². The second-order valence-corrected chi connectivity index (χ2v) is 13.5. The number of piperidine rings is 2. The number of carbonyl (C=O) groups excluding carboxylic acids is 1. The Bertz CT molecular complexity index is 2040. The summed E-state index contributed by atoms with van der Waals surface area (Å²) in [6, 6.07) is 12.3. The Labute approximate surface area is 297 Å². The van der Waals surface area contributed by atoms with E-state index in [4.69, 9.17) is 14.2 Å². The van der Waals surface area contributed by atoms with Crippen molar-refractivity contribution in [3.63, 3.8) is 0 Å². The first-order valence-electron chi connectivity index (χ1n) is 17.6. The minimum Gasteiger partial charge on any atom is -0.496 e. The summed E-state index contributed by atoms with van der Waals surface area (Å²) in [5.41, 5.74) is 4.64. The first-order valence-corrected chi connectivity index (χ1v) is 17.6. The van der Waals surface area contributed by atoms with Crippen LogP contribution in [0.25, 0.3) is 16.8 Å². The second-order valence-electron chi connectivity index (χ2n) is 13.5. The number of benzene rings is 2. The van der Waals surface area contributed by atoms with E-state index in [-0.39, 0.29) is 23.7 Å². The van der Waals surface area contributed by atoms with Gasteiger partial charge < -0.3 is 28.6 Å². The van der Waals surface area contributed by atoms with Crippen molar-refractivity contribution in [3.05, 3.63) is 108 Å². The highest BCUT2D eigenvalue weighted by atomic mass is 16.5. The van der Waals surface area contributed by atoms with Gasteiger partial charge in [-0.1, -0.05) is 6.07 Å². The van der Waals surface area contributed by atoms with Crippen molar-refractivity contribution in [1.82, 2.24) is 23.9 Å². The molecule has 51 heavy (non-hydrogen) atoms. The monoisotopic (exact) mass is 697 g/mol. The molecule has 0 bridgehead atoms. The van der Waals surface area contributed by atoms with E-state index in [2.05, 4.69) is 9.88 Å². The van der Waals surface area contributed by atoms with Gasteiger partial charge in [0.05, 0.1) is 32.1 Å². The Morgan fingerprint density at radius 3 is 2.14 bits per heavy atom. The molecule has 0 saturated carbocycles. The normalized spacial score (nSPS) is 16.0. The summed E-state index contributed by atoms with van der Waals surface area (Å²) < 4.78 is 21.2. The van der Waals surface area contributed by atoms with Crippen LogP contribution in [0.3, 0.4) is 0 Å². The van der Waals surface area contributed by atoms with Crippen LogP contribution in [0.2, 0.25) is 0 Å². The van der Waals surface area contributed by atoms with Gasteiger partial charge in [-0.2, -0.15) is 0 Å². The molecule has 2 fully saturated rings. The molecule has 4 heterocycles. The Morgan fingerprint density at radius 2 is 1.51 bits per heavy atom. The maximum atomic E-state index is 13.3. The number of methoxy groups -OCH3 is 2.